The summed E-state index contributed by atoms with van der Waals surface area (Å²) in [6, 6.07) is 10.9. The van der Waals surface area contributed by atoms with Gasteiger partial charge in [0.05, 0.1) is 0 Å². The van der Waals surface area contributed by atoms with E-state index in [1.165, 1.54) is 36.0 Å². The molecule has 0 saturated carbocycles. The van der Waals surface area contributed by atoms with Gasteiger partial charge in [0.2, 0.25) is 0 Å². The van der Waals surface area contributed by atoms with Crippen LogP contribution in [0.15, 0.2) is 52.3 Å². The van der Waals surface area contributed by atoms with E-state index in [0.29, 0.717) is 13.0 Å². The van der Waals surface area contributed by atoms with Crippen molar-refractivity contribution in [3.8, 4) is 0 Å². The van der Waals surface area contributed by atoms with E-state index in [2.05, 4.69) is 0 Å². The van der Waals surface area contributed by atoms with Crippen molar-refractivity contribution in [1.82, 2.24) is 0 Å². The summed E-state index contributed by atoms with van der Waals surface area (Å²) in [6.45, 7) is 0.458. The minimum atomic E-state index is -0.276. The van der Waals surface area contributed by atoms with Crippen molar-refractivity contribution in [2.45, 2.75) is 16.2 Å². The highest BCUT2D eigenvalue weighted by Gasteiger charge is 2.06. The van der Waals surface area contributed by atoms with Gasteiger partial charge in [-0.15, -0.1) is 0 Å². The zero-order valence-corrected chi connectivity index (χ0v) is 10.5. The quantitative estimate of drug-likeness (QED) is 0.913. The molecule has 0 atom stereocenters. The van der Waals surface area contributed by atoms with Gasteiger partial charge in [-0.1, -0.05) is 17.8 Å². The molecule has 0 aliphatic heterocycles. The zero-order chi connectivity index (χ0) is 13.0. The highest BCUT2D eigenvalue weighted by atomic mass is 32.2. The molecule has 0 aliphatic carbocycles. The standard InChI is InChI=1S/C14H13F2NS/c15-11-2-1-3-13(9-11)18-14-5-4-12(16)8-10(14)6-7-17/h1-5,8-9H,6-7,17H2. The van der Waals surface area contributed by atoms with Crippen molar-refractivity contribution < 1.29 is 8.78 Å². The Kier molecular flexibility index (Phi) is 4.33. The van der Waals surface area contributed by atoms with Crippen LogP contribution in [0.5, 0.6) is 0 Å². The third-order valence-corrected chi connectivity index (χ3v) is 3.57. The zero-order valence-electron chi connectivity index (χ0n) is 9.70. The Morgan fingerprint density at radius 3 is 2.50 bits per heavy atom. The van der Waals surface area contributed by atoms with Gasteiger partial charge in [0.1, 0.15) is 11.6 Å². The molecular formula is C14H13F2NS. The molecule has 18 heavy (non-hydrogen) atoms. The van der Waals surface area contributed by atoms with E-state index in [4.69, 9.17) is 5.73 Å². The maximum atomic E-state index is 13.2. The van der Waals surface area contributed by atoms with Crippen molar-refractivity contribution in [2.75, 3.05) is 6.54 Å². The molecule has 0 aromatic heterocycles. The van der Waals surface area contributed by atoms with Gasteiger partial charge in [-0.05, 0) is 54.9 Å². The van der Waals surface area contributed by atoms with E-state index in [0.717, 1.165) is 15.4 Å². The molecule has 2 N–H and O–H groups in total. The summed E-state index contributed by atoms with van der Waals surface area (Å²) in [5, 5.41) is 0. The fraction of sp³-hybridized carbons (Fsp3) is 0.143. The second-order valence-corrected chi connectivity index (χ2v) is 4.97. The van der Waals surface area contributed by atoms with Crippen LogP contribution in [-0.2, 0) is 6.42 Å². The van der Waals surface area contributed by atoms with Gasteiger partial charge in [0, 0.05) is 9.79 Å². The molecule has 4 heteroatoms. The van der Waals surface area contributed by atoms with Crippen LogP contribution in [0.1, 0.15) is 5.56 Å². The summed E-state index contributed by atoms with van der Waals surface area (Å²) in [5.74, 6) is -0.551. The largest absolute Gasteiger partial charge is 0.330 e. The molecule has 0 bridgehead atoms. The number of nitrogens with two attached hydrogens (primary N) is 1. The molecule has 2 rings (SSSR count). The average molecular weight is 265 g/mol. The van der Waals surface area contributed by atoms with Crippen LogP contribution in [0.25, 0.3) is 0 Å². The summed E-state index contributed by atoms with van der Waals surface area (Å²) in [7, 11) is 0. The second kappa shape index (κ2) is 5.98. The molecule has 0 saturated heterocycles. The van der Waals surface area contributed by atoms with Crippen LogP contribution in [0.3, 0.4) is 0 Å². The summed E-state index contributed by atoms with van der Waals surface area (Å²) < 4.78 is 26.3. The Hall–Kier alpha value is -1.39. The molecule has 0 fully saturated rings. The molecule has 2 aromatic carbocycles. The molecule has 0 amide bonds. The van der Waals surface area contributed by atoms with Gasteiger partial charge in [-0.3, -0.25) is 0 Å². The monoisotopic (exact) mass is 265 g/mol. The van der Waals surface area contributed by atoms with Crippen molar-refractivity contribution in [3.05, 3.63) is 59.7 Å². The lowest BCUT2D eigenvalue weighted by Crippen LogP contribution is -2.04. The second-order valence-electron chi connectivity index (χ2n) is 3.85. The van der Waals surface area contributed by atoms with Gasteiger partial charge >= 0.3 is 0 Å². The smallest absolute Gasteiger partial charge is 0.124 e. The van der Waals surface area contributed by atoms with E-state index in [1.807, 2.05) is 6.07 Å². The van der Waals surface area contributed by atoms with E-state index in [1.54, 1.807) is 12.1 Å². The Morgan fingerprint density at radius 2 is 1.78 bits per heavy atom. The fourth-order valence-corrected chi connectivity index (χ4v) is 2.66. The first-order valence-electron chi connectivity index (χ1n) is 5.61. The molecule has 0 spiro atoms. The number of hydrogen-bond donors (Lipinski definition) is 1. The predicted molar refractivity (Wildman–Crippen MR) is 69.7 cm³/mol. The van der Waals surface area contributed by atoms with Gasteiger partial charge in [-0.2, -0.15) is 0 Å². The van der Waals surface area contributed by atoms with Crippen molar-refractivity contribution in [2.24, 2.45) is 5.73 Å². The molecule has 2 aromatic rings. The predicted octanol–water partition coefficient (Wildman–Crippen LogP) is 3.62. The Balaban J connectivity index is 2.28. The highest BCUT2D eigenvalue weighted by molar-refractivity contribution is 7.99. The molecule has 0 aliphatic rings. The van der Waals surface area contributed by atoms with E-state index < -0.39 is 0 Å². The summed E-state index contributed by atoms with van der Waals surface area (Å²) in [4.78, 5) is 1.70. The molecule has 1 nitrogen and oxygen atoms in total. The molecule has 0 radical (unpaired) electrons. The lowest BCUT2D eigenvalue weighted by molar-refractivity contribution is 0.622. The first-order valence-corrected chi connectivity index (χ1v) is 6.42. The molecule has 0 heterocycles. The van der Waals surface area contributed by atoms with Crippen LogP contribution >= 0.6 is 11.8 Å². The number of hydrogen-bond acceptors (Lipinski definition) is 2. The molecular weight excluding hydrogens is 252 g/mol. The highest BCUT2D eigenvalue weighted by Crippen LogP contribution is 2.31. The van der Waals surface area contributed by atoms with Gasteiger partial charge in [-0.25, -0.2) is 8.78 Å². The Morgan fingerprint density at radius 1 is 1.00 bits per heavy atom. The minimum absolute atomic E-state index is 0.275. The van der Waals surface area contributed by atoms with Crippen molar-refractivity contribution in [3.63, 3.8) is 0 Å². The third-order valence-electron chi connectivity index (χ3n) is 2.46. The summed E-state index contributed by atoms with van der Waals surface area (Å²) in [5.41, 5.74) is 6.36. The number of benzene rings is 2. The van der Waals surface area contributed by atoms with Crippen LogP contribution in [0, 0.1) is 11.6 Å². The Labute approximate surface area is 109 Å². The number of rotatable bonds is 4. The summed E-state index contributed by atoms with van der Waals surface area (Å²) >= 11 is 1.41. The lowest BCUT2D eigenvalue weighted by atomic mass is 10.1. The van der Waals surface area contributed by atoms with Gasteiger partial charge < -0.3 is 5.73 Å². The first kappa shape index (κ1) is 13.1. The maximum Gasteiger partial charge on any atom is 0.124 e. The van der Waals surface area contributed by atoms with Gasteiger partial charge in [0.15, 0.2) is 0 Å². The van der Waals surface area contributed by atoms with Crippen molar-refractivity contribution in [1.29, 1.82) is 0 Å². The SMILES string of the molecule is NCCc1cc(F)ccc1Sc1cccc(F)c1. The lowest BCUT2D eigenvalue weighted by Gasteiger charge is -2.08. The van der Waals surface area contributed by atoms with Crippen molar-refractivity contribution >= 4 is 11.8 Å². The topological polar surface area (TPSA) is 26.0 Å². The van der Waals surface area contributed by atoms with Crippen LogP contribution in [-0.4, -0.2) is 6.54 Å². The molecule has 0 unspecified atom stereocenters. The molecule has 94 valence electrons. The van der Waals surface area contributed by atoms with Crippen LogP contribution < -0.4 is 5.73 Å². The fourth-order valence-electron chi connectivity index (χ4n) is 1.66. The van der Waals surface area contributed by atoms with E-state index >= 15 is 0 Å². The minimum Gasteiger partial charge on any atom is -0.330 e. The van der Waals surface area contributed by atoms with Gasteiger partial charge in [0.25, 0.3) is 0 Å². The average Bonchev–Trinajstić information content (AvgIpc) is 2.33. The number of halogens is 2. The van der Waals surface area contributed by atoms with Crippen LogP contribution in [0.2, 0.25) is 0 Å². The van der Waals surface area contributed by atoms with Crippen LogP contribution in [0.4, 0.5) is 8.78 Å². The van der Waals surface area contributed by atoms with E-state index in [9.17, 15) is 8.78 Å². The normalized spacial score (nSPS) is 10.6. The van der Waals surface area contributed by atoms with E-state index in [-0.39, 0.29) is 11.6 Å². The third kappa shape index (κ3) is 3.31. The first-order chi connectivity index (χ1) is 8.69. The maximum absolute atomic E-state index is 13.2. The Bertz CT molecular complexity index is 543. The summed E-state index contributed by atoms with van der Waals surface area (Å²) in [6.07, 6.45) is 0.607.